The Labute approximate surface area is 189 Å². The molecule has 1 N–H and O–H groups in total. The molecule has 0 spiro atoms. The van der Waals surface area contributed by atoms with Crippen molar-refractivity contribution < 1.29 is 18.0 Å². The van der Waals surface area contributed by atoms with E-state index in [1.54, 1.807) is 4.90 Å². The highest BCUT2D eigenvalue weighted by Crippen LogP contribution is 2.14. The minimum absolute atomic E-state index is 0.0511. The molecule has 2 aromatic rings. The molecule has 0 radical (unpaired) electrons. The molecular weight excluding hydrogens is 426 g/mol. The highest BCUT2D eigenvalue weighted by atomic mass is 32.2. The number of amides is 2. The van der Waals surface area contributed by atoms with Gasteiger partial charge in [-0.05, 0) is 42.7 Å². The summed E-state index contributed by atoms with van der Waals surface area (Å²) in [6, 6.07) is 15.9. The van der Waals surface area contributed by atoms with Gasteiger partial charge in [-0.1, -0.05) is 36.3 Å². The average Bonchev–Trinajstić information content (AvgIpc) is 2.83. The van der Waals surface area contributed by atoms with E-state index in [1.807, 2.05) is 23.1 Å². The zero-order valence-corrected chi connectivity index (χ0v) is 18.7. The minimum atomic E-state index is -3.69. The number of hydrogen-bond donors (Lipinski definition) is 1. The number of terminal acetylenes is 1. The molecule has 0 aliphatic carbocycles. The molecule has 7 nitrogen and oxygen atoms in total. The maximum absolute atomic E-state index is 12.8. The lowest BCUT2D eigenvalue weighted by atomic mass is 10.1. The van der Waals surface area contributed by atoms with E-state index in [0.29, 0.717) is 38.2 Å². The van der Waals surface area contributed by atoms with Gasteiger partial charge in [0.1, 0.15) is 0 Å². The summed E-state index contributed by atoms with van der Waals surface area (Å²) in [6.07, 6.45) is 7.25. The SMILES string of the molecule is C#CCNS(=O)(=O)c1ccc(C(=O)N2CCN(C(=O)CCCc3ccccc3)CC2)cc1. The molecule has 1 fully saturated rings. The van der Waals surface area contributed by atoms with Crippen LogP contribution < -0.4 is 4.72 Å². The van der Waals surface area contributed by atoms with Crippen molar-refractivity contribution in [3.8, 4) is 12.3 Å². The fraction of sp³-hybridized carbons (Fsp3) is 0.333. The first-order valence-corrected chi connectivity index (χ1v) is 12.0. The third kappa shape index (κ3) is 6.19. The zero-order valence-electron chi connectivity index (χ0n) is 17.9. The molecule has 0 bridgehead atoms. The second kappa shape index (κ2) is 10.9. The number of hydrogen-bond acceptors (Lipinski definition) is 4. The molecule has 1 saturated heterocycles. The Kier molecular flexibility index (Phi) is 8.03. The van der Waals surface area contributed by atoms with E-state index in [1.165, 1.54) is 29.8 Å². The smallest absolute Gasteiger partial charge is 0.253 e. The summed E-state index contributed by atoms with van der Waals surface area (Å²) in [5.41, 5.74) is 1.63. The van der Waals surface area contributed by atoms with Crippen LogP contribution in [0.4, 0.5) is 0 Å². The molecule has 1 aliphatic heterocycles. The van der Waals surface area contributed by atoms with Crippen molar-refractivity contribution in [1.29, 1.82) is 0 Å². The molecule has 0 unspecified atom stereocenters. The molecule has 2 amide bonds. The first-order valence-electron chi connectivity index (χ1n) is 10.5. The highest BCUT2D eigenvalue weighted by Gasteiger charge is 2.25. The number of carbonyl (C=O) groups excluding carboxylic acids is 2. The van der Waals surface area contributed by atoms with Gasteiger partial charge in [0, 0.05) is 38.2 Å². The van der Waals surface area contributed by atoms with E-state index in [2.05, 4.69) is 22.8 Å². The van der Waals surface area contributed by atoms with Gasteiger partial charge in [0.25, 0.3) is 5.91 Å². The lowest BCUT2D eigenvalue weighted by Crippen LogP contribution is -2.50. The standard InChI is InChI=1S/C24H27N3O4S/c1-2-15-25-32(30,31)22-13-11-21(12-14-22)24(29)27-18-16-26(17-19-27)23(28)10-6-9-20-7-4-3-5-8-20/h1,3-5,7-8,11-14,25H,6,9-10,15-19H2. The number of benzene rings is 2. The van der Waals surface area contributed by atoms with Crippen molar-refractivity contribution in [2.24, 2.45) is 0 Å². The fourth-order valence-electron chi connectivity index (χ4n) is 3.58. The van der Waals surface area contributed by atoms with Gasteiger partial charge in [0.05, 0.1) is 11.4 Å². The van der Waals surface area contributed by atoms with E-state index < -0.39 is 10.0 Å². The minimum Gasteiger partial charge on any atom is -0.339 e. The Morgan fingerprint density at radius 1 is 0.938 bits per heavy atom. The van der Waals surface area contributed by atoms with Crippen molar-refractivity contribution in [2.75, 3.05) is 32.7 Å². The molecule has 2 aromatic carbocycles. The fourth-order valence-corrected chi connectivity index (χ4v) is 4.52. The average molecular weight is 454 g/mol. The van der Waals surface area contributed by atoms with E-state index >= 15 is 0 Å². The van der Waals surface area contributed by atoms with E-state index in [4.69, 9.17) is 6.42 Å². The van der Waals surface area contributed by atoms with Crippen LogP contribution in [0.2, 0.25) is 0 Å². The predicted octanol–water partition coefficient (Wildman–Crippen LogP) is 1.91. The number of nitrogens with zero attached hydrogens (tertiary/aromatic N) is 2. The van der Waals surface area contributed by atoms with E-state index in [0.717, 1.165) is 12.8 Å². The molecule has 168 valence electrons. The van der Waals surface area contributed by atoms with Gasteiger partial charge in [0.2, 0.25) is 15.9 Å². The molecule has 32 heavy (non-hydrogen) atoms. The van der Waals surface area contributed by atoms with Crippen LogP contribution >= 0.6 is 0 Å². The van der Waals surface area contributed by atoms with Crippen molar-refractivity contribution in [1.82, 2.24) is 14.5 Å². The third-order valence-electron chi connectivity index (χ3n) is 5.39. The van der Waals surface area contributed by atoms with Gasteiger partial charge in [-0.2, -0.15) is 4.72 Å². The number of carbonyl (C=O) groups is 2. The quantitative estimate of drug-likeness (QED) is 0.619. The number of nitrogens with one attached hydrogen (secondary N) is 1. The third-order valence-corrected chi connectivity index (χ3v) is 6.81. The topological polar surface area (TPSA) is 86.8 Å². The van der Waals surface area contributed by atoms with Crippen LogP contribution in [-0.4, -0.2) is 62.8 Å². The Morgan fingerprint density at radius 2 is 1.56 bits per heavy atom. The summed E-state index contributed by atoms with van der Waals surface area (Å²) in [4.78, 5) is 28.8. The van der Waals surface area contributed by atoms with E-state index in [-0.39, 0.29) is 23.3 Å². The number of rotatable bonds is 8. The summed E-state index contributed by atoms with van der Waals surface area (Å²) in [7, 11) is -3.69. The van der Waals surface area contributed by atoms with Crippen LogP contribution in [0.3, 0.4) is 0 Å². The summed E-state index contributed by atoms with van der Waals surface area (Å²) in [5, 5.41) is 0. The summed E-state index contributed by atoms with van der Waals surface area (Å²) in [5.74, 6) is 2.15. The largest absolute Gasteiger partial charge is 0.339 e. The van der Waals surface area contributed by atoms with Crippen LogP contribution in [0, 0.1) is 12.3 Å². The Hall–Kier alpha value is -3.15. The van der Waals surface area contributed by atoms with Gasteiger partial charge in [0.15, 0.2) is 0 Å². The summed E-state index contributed by atoms with van der Waals surface area (Å²) < 4.78 is 26.5. The molecule has 0 saturated carbocycles. The lowest BCUT2D eigenvalue weighted by Gasteiger charge is -2.35. The summed E-state index contributed by atoms with van der Waals surface area (Å²) >= 11 is 0. The van der Waals surface area contributed by atoms with Crippen LogP contribution in [-0.2, 0) is 21.2 Å². The number of piperazine rings is 1. The highest BCUT2D eigenvalue weighted by molar-refractivity contribution is 7.89. The number of sulfonamides is 1. The van der Waals surface area contributed by atoms with Crippen molar-refractivity contribution in [2.45, 2.75) is 24.2 Å². The maximum Gasteiger partial charge on any atom is 0.253 e. The predicted molar refractivity (Wildman–Crippen MR) is 122 cm³/mol. The Bertz CT molecular complexity index is 1070. The maximum atomic E-state index is 12.8. The number of aryl methyl sites for hydroxylation is 1. The van der Waals surface area contributed by atoms with Gasteiger partial charge in [-0.3, -0.25) is 9.59 Å². The Morgan fingerprint density at radius 3 is 2.19 bits per heavy atom. The van der Waals surface area contributed by atoms with Crippen LogP contribution in [0.25, 0.3) is 0 Å². The monoisotopic (exact) mass is 453 g/mol. The second-order valence-corrected chi connectivity index (χ2v) is 9.33. The Balaban J connectivity index is 1.47. The van der Waals surface area contributed by atoms with E-state index in [9.17, 15) is 18.0 Å². The zero-order chi connectivity index (χ0) is 23.0. The van der Waals surface area contributed by atoms with Crippen molar-refractivity contribution in [3.05, 3.63) is 65.7 Å². The molecular formula is C24H27N3O4S. The van der Waals surface area contributed by atoms with Gasteiger partial charge in [-0.25, -0.2) is 8.42 Å². The second-order valence-electron chi connectivity index (χ2n) is 7.57. The molecule has 8 heteroatoms. The van der Waals surface area contributed by atoms with Gasteiger partial charge < -0.3 is 9.80 Å². The van der Waals surface area contributed by atoms with Crippen LogP contribution in [0.5, 0.6) is 0 Å². The lowest BCUT2D eigenvalue weighted by molar-refractivity contribution is -0.132. The molecule has 0 atom stereocenters. The molecule has 1 aliphatic rings. The molecule has 1 heterocycles. The summed E-state index contributed by atoms with van der Waals surface area (Å²) in [6.45, 7) is 1.80. The normalized spacial score (nSPS) is 14.1. The van der Waals surface area contributed by atoms with Crippen LogP contribution in [0.1, 0.15) is 28.8 Å². The first kappa shape index (κ1) is 23.5. The van der Waals surface area contributed by atoms with Gasteiger partial charge in [-0.15, -0.1) is 6.42 Å². The molecule has 0 aromatic heterocycles. The van der Waals surface area contributed by atoms with Crippen molar-refractivity contribution in [3.63, 3.8) is 0 Å². The van der Waals surface area contributed by atoms with Crippen LogP contribution in [0.15, 0.2) is 59.5 Å². The van der Waals surface area contributed by atoms with Gasteiger partial charge >= 0.3 is 0 Å². The molecule has 3 rings (SSSR count). The van der Waals surface area contributed by atoms with Crippen molar-refractivity contribution >= 4 is 21.8 Å². The first-order chi connectivity index (χ1) is 15.4.